The van der Waals surface area contributed by atoms with Crippen molar-refractivity contribution in [3.05, 3.63) is 426 Å². The Balaban J connectivity index is 0.000000115. The Bertz CT molecular complexity index is 10400. The van der Waals surface area contributed by atoms with Gasteiger partial charge in [-0.1, -0.05) is 301 Å². The molecule has 2 aliphatic rings. The molecule has 704 valence electrons. The minimum absolute atomic E-state index is 0.0102. The van der Waals surface area contributed by atoms with Crippen LogP contribution >= 0.6 is 45.8 Å². The highest BCUT2D eigenvalue weighted by molar-refractivity contribution is 14.1. The summed E-state index contributed by atoms with van der Waals surface area (Å²) < 4.78 is 2.90. The molecule has 0 spiro atoms. The maximum atomic E-state index is 9.44. The molecule has 0 atom stereocenters. The number of aromatic nitrogens is 18. The standard InChI is InChI=1S/C61H38N10.C21H18N2.C20H11ClN4.C14H11BO2.C6H2ClIN4/c1-61(2)47-24-12-14-26-50(47)71(60-67-54(56-58(69-60)65-30-28-63-56)46-32-36-16-4-6-18-38(36)40-20-8-10-22-42(40)46)52-34-51-44(33-48(52)61)43-23-11-13-25-49(43)70(51)59-66-53(55-57(68-59)64-29-27-62-55)45-31-35-15-3-5-17-37(35)39-19-7-9-21-41(39)45;1-21(2)15-8-4-6-10-18(15)23-20-12-19-14(11-16(20)21)13-7-3-5-9-17(13)22-19;21-20-24-17(18-19(25-20)23-10-9-22-18)16-11-12-5-1-2-6-13(12)14-7-3-4-8-15(14)16;16-15(17)14-9-10-5-1-2-6-11(10)12-7-3-4-8-13(12)14;7-6-11-4(8)3-5(12-6)10-2-1-9-3/h3-34H,1-2H3;3-12,22-23H,1-2H3;1-11H;1-9,16-17H;1-2H. The summed E-state index contributed by atoms with van der Waals surface area (Å²) in [5.74, 6) is 0.972. The zero-order chi connectivity index (χ0) is 99.7. The van der Waals surface area contributed by atoms with Crippen molar-refractivity contribution in [3.63, 3.8) is 0 Å². The number of para-hydroxylation sites is 4. The SMILES string of the molecule is CC1(C)c2ccccc2N(c2nc(-c3cc4ccccc4c4ccccc34)c3nccnc3n2)c2cc3c(cc21)c1ccccc1n3-c1nc(-c2cc3ccccc3c3ccccc23)c2nccnc2n1.CC1(C)c2ccccc2Nc2cc3[nH]c4ccccc4c3cc21.Clc1nc(-c2cc3ccccc3c3ccccc23)c2nccnc2n1.Clc1nc(I)c2nccnc2n1.OB(O)c1cc2ccccc2c2ccccc12. The van der Waals surface area contributed by atoms with E-state index in [1.807, 2.05) is 95.4 Å². The van der Waals surface area contributed by atoms with Gasteiger partial charge in [-0.2, -0.15) is 19.9 Å². The second kappa shape index (κ2) is 36.5. The summed E-state index contributed by atoms with van der Waals surface area (Å²) in [6.45, 7) is 9.23. The average molecular weight is 2070 g/mol. The molecule has 30 rings (SSSR count). The lowest BCUT2D eigenvalue weighted by Crippen LogP contribution is -2.31. The number of H-pyrrole nitrogens is 1. The molecule has 0 bridgehead atoms. The lowest BCUT2D eigenvalue weighted by Gasteiger charge is -2.41. The molecule has 0 fully saturated rings. The van der Waals surface area contributed by atoms with Crippen molar-refractivity contribution in [2.24, 2.45) is 0 Å². The highest BCUT2D eigenvalue weighted by Gasteiger charge is 2.41. The van der Waals surface area contributed by atoms with Crippen molar-refractivity contribution in [2.45, 2.75) is 38.5 Å². The fourth-order valence-corrected chi connectivity index (χ4v) is 22.8. The number of halogens is 3. The zero-order valence-electron chi connectivity index (χ0n) is 79.6. The van der Waals surface area contributed by atoms with E-state index in [0.29, 0.717) is 79.1 Å². The molecule has 10 aromatic heterocycles. The van der Waals surface area contributed by atoms with E-state index in [2.05, 4.69) is 354 Å². The van der Waals surface area contributed by atoms with Crippen LogP contribution in [0.1, 0.15) is 49.9 Å². The van der Waals surface area contributed by atoms with Crippen LogP contribution in [0.25, 0.3) is 214 Å². The van der Waals surface area contributed by atoms with Crippen molar-refractivity contribution < 1.29 is 10.0 Å². The van der Waals surface area contributed by atoms with Crippen molar-refractivity contribution in [2.75, 3.05) is 10.2 Å². The number of hydrogen-bond acceptors (Lipinski definition) is 20. The van der Waals surface area contributed by atoms with Gasteiger partial charge in [-0.25, -0.2) is 59.8 Å². The molecule has 22 nitrogen and oxygen atoms in total. The monoisotopic (exact) mass is 2060 g/mol. The van der Waals surface area contributed by atoms with Gasteiger partial charge in [-0.05, 0) is 226 Å². The molecule has 0 saturated carbocycles. The summed E-state index contributed by atoms with van der Waals surface area (Å²) >= 11 is 13.8. The number of aromatic amines is 1. The highest BCUT2D eigenvalue weighted by atomic mass is 127. The van der Waals surface area contributed by atoms with E-state index < -0.39 is 12.5 Å². The minimum Gasteiger partial charge on any atom is -0.423 e. The van der Waals surface area contributed by atoms with Crippen LogP contribution in [0.15, 0.2) is 389 Å². The van der Waals surface area contributed by atoms with Gasteiger partial charge in [-0.3, -0.25) is 9.47 Å². The molecule has 26 heteroatoms. The van der Waals surface area contributed by atoms with Crippen LogP contribution in [-0.4, -0.2) is 106 Å². The molecule has 0 saturated heterocycles. The number of benzene rings is 18. The molecule has 2 aliphatic heterocycles. The lowest BCUT2D eigenvalue weighted by atomic mass is 9.73. The summed E-state index contributed by atoms with van der Waals surface area (Å²) in [4.78, 5) is 80.2. The van der Waals surface area contributed by atoms with Gasteiger partial charge in [-0.15, -0.1) is 0 Å². The fraction of sp³-hybridized carbons (Fsp3) is 0.0492. The number of anilines is 5. The first-order chi connectivity index (χ1) is 72.5. The number of hydrogen-bond donors (Lipinski definition) is 4. The maximum absolute atomic E-state index is 9.44. The van der Waals surface area contributed by atoms with Gasteiger partial charge < -0.3 is 20.3 Å². The van der Waals surface area contributed by atoms with Gasteiger partial charge in [0.05, 0.1) is 22.4 Å². The first-order valence-corrected chi connectivity index (χ1v) is 50.1. The second-order valence-electron chi connectivity index (χ2n) is 37.6. The Hall–Kier alpha value is -17.8. The van der Waals surface area contributed by atoms with Crippen molar-refractivity contribution >= 4 is 262 Å². The van der Waals surface area contributed by atoms with Crippen LogP contribution in [0.4, 0.5) is 28.7 Å². The summed E-state index contributed by atoms with van der Waals surface area (Å²) in [7, 11) is -1.44. The Morgan fingerprint density at radius 2 is 0.676 bits per heavy atom. The van der Waals surface area contributed by atoms with Gasteiger partial charge in [0.15, 0.2) is 22.6 Å². The maximum Gasteiger partial charge on any atom is 0.489 e. The molecule has 4 N–H and O–H groups in total. The summed E-state index contributed by atoms with van der Waals surface area (Å²) in [5, 5.41) is 45.3. The van der Waals surface area contributed by atoms with Crippen LogP contribution in [0.5, 0.6) is 0 Å². The van der Waals surface area contributed by atoms with E-state index in [9.17, 15) is 10.0 Å². The van der Waals surface area contributed by atoms with Crippen LogP contribution in [0.3, 0.4) is 0 Å². The van der Waals surface area contributed by atoms with Gasteiger partial charge >= 0.3 is 7.12 Å². The predicted molar refractivity (Wildman–Crippen MR) is 608 cm³/mol. The first-order valence-electron chi connectivity index (χ1n) is 48.3. The number of rotatable bonds is 6. The smallest absolute Gasteiger partial charge is 0.423 e. The average Bonchev–Trinajstić information content (AvgIpc) is 1.41. The van der Waals surface area contributed by atoms with E-state index in [-0.39, 0.29) is 16.0 Å². The van der Waals surface area contributed by atoms with Crippen molar-refractivity contribution in [1.82, 2.24) is 89.3 Å². The zero-order valence-corrected chi connectivity index (χ0v) is 83.3. The second-order valence-corrected chi connectivity index (χ2v) is 39.3. The number of nitrogens with one attached hydrogen (secondary N) is 2. The van der Waals surface area contributed by atoms with Crippen molar-refractivity contribution in [1.29, 1.82) is 0 Å². The van der Waals surface area contributed by atoms with Gasteiger partial charge in [0.2, 0.25) is 22.5 Å². The lowest BCUT2D eigenvalue weighted by molar-refractivity contribution is 0.426. The van der Waals surface area contributed by atoms with Gasteiger partial charge in [0.1, 0.15) is 42.8 Å². The minimum atomic E-state index is -1.44. The third-order valence-electron chi connectivity index (χ3n) is 28.5. The largest absolute Gasteiger partial charge is 0.489 e. The van der Waals surface area contributed by atoms with Crippen LogP contribution in [0, 0.1) is 3.70 Å². The molecule has 0 aliphatic carbocycles. The molecular weight excluding hydrogens is 1990 g/mol. The Morgan fingerprint density at radius 1 is 0.284 bits per heavy atom. The number of nitrogens with zero attached hydrogens (tertiary/aromatic N) is 18. The molecule has 0 unspecified atom stereocenters. The number of fused-ring (bicyclic) bond motifs is 26. The molecule has 12 heterocycles. The molecule has 0 radical (unpaired) electrons. The normalized spacial score (nSPS) is 12.8. The summed E-state index contributed by atoms with van der Waals surface area (Å²) in [6.07, 6.45) is 13.3. The van der Waals surface area contributed by atoms with E-state index in [1.54, 1.807) is 49.6 Å². The van der Waals surface area contributed by atoms with Crippen LogP contribution in [0.2, 0.25) is 10.6 Å². The third kappa shape index (κ3) is 15.5. The van der Waals surface area contributed by atoms with E-state index in [1.165, 1.54) is 65.9 Å². The third-order valence-corrected chi connectivity index (χ3v) is 29.6. The summed E-state index contributed by atoms with van der Waals surface area (Å²) in [5.41, 5.74) is 23.3. The van der Waals surface area contributed by atoms with E-state index in [0.717, 1.165) is 129 Å². The summed E-state index contributed by atoms with van der Waals surface area (Å²) in [6, 6.07) is 118. The molecule has 18 aromatic carbocycles. The Labute approximate surface area is 868 Å². The quantitative estimate of drug-likeness (QED) is 0.0396. The van der Waals surface area contributed by atoms with Gasteiger partial charge in [0, 0.05) is 121 Å². The Morgan fingerprint density at radius 3 is 1.22 bits per heavy atom. The Kier molecular flexibility index (Phi) is 22.3. The molecule has 0 amide bonds. The topological polar surface area (TPSA) is 283 Å². The molecule has 148 heavy (non-hydrogen) atoms. The van der Waals surface area contributed by atoms with Crippen molar-refractivity contribution in [3.8, 4) is 39.7 Å². The highest BCUT2D eigenvalue weighted by Crippen LogP contribution is 2.55. The van der Waals surface area contributed by atoms with Crippen LogP contribution in [-0.2, 0) is 10.8 Å². The van der Waals surface area contributed by atoms with Crippen LogP contribution < -0.4 is 15.7 Å². The van der Waals surface area contributed by atoms with Gasteiger partial charge in [0.25, 0.3) is 0 Å². The fourth-order valence-electron chi connectivity index (χ4n) is 21.7. The first kappa shape index (κ1) is 90.2. The predicted octanol–water partition coefficient (Wildman–Crippen LogP) is 28.4. The van der Waals surface area contributed by atoms with E-state index in [4.69, 9.17) is 63.1 Å². The molecule has 28 aromatic rings. The van der Waals surface area contributed by atoms with E-state index >= 15 is 0 Å². The molecular formula is C122H80BCl2IN20O2.